The normalized spacial score (nSPS) is 12.3. The number of rotatable bonds is 12. The van der Waals surface area contributed by atoms with E-state index in [1.807, 2.05) is 0 Å². The fraction of sp³-hybridized carbons (Fsp3) is 0.303. The van der Waals surface area contributed by atoms with E-state index < -0.39 is 89.3 Å². The Morgan fingerprint density at radius 3 is 2.08 bits per heavy atom. The fourth-order valence-corrected chi connectivity index (χ4v) is 4.52. The highest BCUT2D eigenvalue weighted by atomic mass is 35.5. The Kier molecular flexibility index (Phi) is 13.1. The number of anilines is 1. The second-order valence-corrected chi connectivity index (χ2v) is 12.1. The molecule has 4 amide bonds. The second kappa shape index (κ2) is 16.8. The Bertz CT molecular complexity index is 1730. The maximum Gasteiger partial charge on any atom is 0.327 e. The molecule has 0 aliphatic heterocycles. The van der Waals surface area contributed by atoms with E-state index in [0.29, 0.717) is 5.01 Å². The van der Waals surface area contributed by atoms with Crippen molar-refractivity contribution >= 4 is 46.9 Å². The Labute approximate surface area is 289 Å². The molecule has 0 saturated heterocycles. The molecular formula is C33H34ClF4N5O7. The first-order valence-corrected chi connectivity index (χ1v) is 15.3. The van der Waals surface area contributed by atoms with Crippen LogP contribution in [0.2, 0.25) is 5.02 Å². The lowest BCUT2D eigenvalue weighted by Gasteiger charge is -2.32. The third-order valence-corrected chi connectivity index (χ3v) is 7.23. The molecule has 1 unspecified atom stereocenters. The molecule has 2 atom stereocenters. The molecule has 3 rings (SSSR count). The van der Waals surface area contributed by atoms with Crippen molar-refractivity contribution < 1.29 is 51.0 Å². The number of esters is 1. The zero-order chi connectivity index (χ0) is 37.3. The number of hydrogen-bond donors (Lipinski definition) is 4. The number of nitrogen functional groups attached to an aromatic ring is 1. The van der Waals surface area contributed by atoms with Crippen LogP contribution in [-0.2, 0) is 23.9 Å². The van der Waals surface area contributed by atoms with Gasteiger partial charge in [0.15, 0.2) is 24.0 Å². The third-order valence-electron chi connectivity index (χ3n) is 6.90. The number of nitrogens with two attached hydrogens (primary N) is 1. The van der Waals surface area contributed by atoms with E-state index in [0.717, 1.165) is 0 Å². The predicted molar refractivity (Wildman–Crippen MR) is 172 cm³/mol. The van der Waals surface area contributed by atoms with Crippen molar-refractivity contribution in [3.8, 4) is 5.75 Å². The topological polar surface area (TPSA) is 169 Å². The summed E-state index contributed by atoms with van der Waals surface area (Å²) in [6, 6.07) is 8.90. The number of benzene rings is 3. The van der Waals surface area contributed by atoms with Gasteiger partial charge in [-0.05, 0) is 36.1 Å². The molecule has 0 saturated carbocycles. The number of carbonyl (C=O) groups is 5. The van der Waals surface area contributed by atoms with Crippen molar-refractivity contribution in [2.75, 3.05) is 25.5 Å². The summed E-state index contributed by atoms with van der Waals surface area (Å²) in [6.45, 7) is 4.03. The van der Waals surface area contributed by atoms with E-state index in [1.165, 1.54) is 37.3 Å². The van der Waals surface area contributed by atoms with Gasteiger partial charge in [0.25, 0.3) is 17.7 Å². The van der Waals surface area contributed by atoms with Gasteiger partial charge in [0.05, 0.1) is 17.3 Å². The largest absolute Gasteiger partial charge is 0.477 e. The predicted octanol–water partition coefficient (Wildman–Crippen LogP) is 3.98. The van der Waals surface area contributed by atoms with Gasteiger partial charge in [0, 0.05) is 11.6 Å². The summed E-state index contributed by atoms with van der Waals surface area (Å²) in [5, 5.41) is 5.66. The summed E-state index contributed by atoms with van der Waals surface area (Å²) in [5.74, 6) is -14.0. The van der Waals surface area contributed by atoms with Crippen molar-refractivity contribution in [2.45, 2.75) is 39.8 Å². The van der Waals surface area contributed by atoms with E-state index in [-0.39, 0.29) is 34.5 Å². The minimum absolute atomic E-state index is 0.0617. The van der Waals surface area contributed by atoms with Crippen LogP contribution in [0.1, 0.15) is 49.7 Å². The number of nitrogens with zero attached hydrogens (tertiary/aromatic N) is 1. The monoisotopic (exact) mass is 723 g/mol. The van der Waals surface area contributed by atoms with Crippen molar-refractivity contribution in [1.29, 1.82) is 0 Å². The van der Waals surface area contributed by atoms with E-state index >= 15 is 0 Å². The maximum absolute atomic E-state index is 14.1. The first kappa shape index (κ1) is 39.1. The molecule has 50 heavy (non-hydrogen) atoms. The lowest BCUT2D eigenvalue weighted by Crippen LogP contribution is -2.57. The lowest BCUT2D eigenvalue weighted by molar-refractivity contribution is -0.154. The molecule has 0 aliphatic rings. The van der Waals surface area contributed by atoms with Crippen molar-refractivity contribution in [3.63, 3.8) is 0 Å². The smallest absolute Gasteiger partial charge is 0.327 e. The average molecular weight is 724 g/mol. The van der Waals surface area contributed by atoms with Crippen LogP contribution in [0.3, 0.4) is 0 Å². The second-order valence-electron chi connectivity index (χ2n) is 11.7. The Balaban J connectivity index is 1.90. The molecule has 3 aromatic carbocycles. The highest BCUT2D eigenvalue weighted by molar-refractivity contribution is 6.33. The van der Waals surface area contributed by atoms with E-state index in [2.05, 4.69) is 16.1 Å². The minimum Gasteiger partial charge on any atom is -0.477 e. The molecule has 3 aromatic rings. The molecule has 268 valence electrons. The maximum atomic E-state index is 14.1. The highest BCUT2D eigenvalue weighted by Crippen LogP contribution is 2.27. The summed E-state index contributed by atoms with van der Waals surface area (Å²) in [6.07, 6.45) is 0. The van der Waals surface area contributed by atoms with Crippen LogP contribution in [0.5, 0.6) is 5.75 Å². The van der Waals surface area contributed by atoms with Crippen LogP contribution >= 0.6 is 11.6 Å². The molecule has 0 heterocycles. The van der Waals surface area contributed by atoms with Crippen molar-refractivity contribution in [2.24, 2.45) is 5.41 Å². The van der Waals surface area contributed by atoms with E-state index in [9.17, 15) is 41.5 Å². The lowest BCUT2D eigenvalue weighted by atomic mass is 9.85. The molecule has 17 heteroatoms. The third kappa shape index (κ3) is 10.1. The minimum atomic E-state index is -1.93. The zero-order valence-corrected chi connectivity index (χ0v) is 28.0. The first-order chi connectivity index (χ1) is 23.4. The highest BCUT2D eigenvalue weighted by Gasteiger charge is 2.36. The van der Waals surface area contributed by atoms with Crippen LogP contribution in [-0.4, -0.2) is 60.4 Å². The van der Waals surface area contributed by atoms with E-state index in [1.54, 1.807) is 39.0 Å². The molecule has 12 nitrogen and oxygen atoms in total. The van der Waals surface area contributed by atoms with Crippen LogP contribution in [0.25, 0.3) is 0 Å². The summed E-state index contributed by atoms with van der Waals surface area (Å²) < 4.78 is 65.1. The van der Waals surface area contributed by atoms with Gasteiger partial charge in [-0.25, -0.2) is 13.8 Å². The van der Waals surface area contributed by atoms with Gasteiger partial charge < -0.3 is 25.8 Å². The molecule has 0 aromatic heterocycles. The number of halogens is 5. The zero-order valence-electron chi connectivity index (χ0n) is 27.2. The van der Waals surface area contributed by atoms with Gasteiger partial charge >= 0.3 is 5.97 Å². The standard InChI is InChI=1S/C33H34ClF4N5O7/c1-5-49-24(45)15-43(23(44)16-50-28-25(37)20(35)14-21(36)26(28)38)42-31(47)27(17-9-7-6-8-10-17)40-32(48)29(33(2,3)4)41-30(46)18-11-12-22(39)19(34)13-18/h6-14,27,29H,5,15-16,39H2,1-4H3,(H,40,48)(H,41,46)(H,42,47)/t27?,29-/m1/s1. The van der Waals surface area contributed by atoms with Gasteiger partial charge in [-0.15, -0.1) is 0 Å². The molecule has 0 radical (unpaired) electrons. The Morgan fingerprint density at radius 1 is 0.900 bits per heavy atom. The molecule has 5 N–H and O–H groups in total. The molecule has 0 aliphatic carbocycles. The van der Waals surface area contributed by atoms with Gasteiger partial charge in [0.2, 0.25) is 17.5 Å². The molecule has 0 fully saturated rings. The number of hydrazine groups is 1. The summed E-state index contributed by atoms with van der Waals surface area (Å²) >= 11 is 6.05. The fourth-order valence-electron chi connectivity index (χ4n) is 4.34. The number of carbonyl (C=O) groups excluding carboxylic acids is 5. The Hall–Kier alpha value is -5.38. The molecular weight excluding hydrogens is 690 g/mol. The van der Waals surface area contributed by atoms with Crippen molar-refractivity contribution in [1.82, 2.24) is 21.1 Å². The number of nitrogens with one attached hydrogen (secondary N) is 3. The van der Waals surface area contributed by atoms with Gasteiger partial charge in [0.1, 0.15) is 18.6 Å². The molecule has 0 spiro atoms. The van der Waals surface area contributed by atoms with Crippen LogP contribution in [0.15, 0.2) is 54.6 Å². The number of ether oxygens (including phenoxy) is 2. The average Bonchev–Trinajstić information content (AvgIpc) is 3.05. The summed E-state index contributed by atoms with van der Waals surface area (Å²) in [7, 11) is 0. The quantitative estimate of drug-likeness (QED) is 0.0716. The summed E-state index contributed by atoms with van der Waals surface area (Å²) in [4.78, 5) is 66.1. The number of hydrogen-bond acceptors (Lipinski definition) is 8. The number of amides is 4. The Morgan fingerprint density at radius 2 is 1.52 bits per heavy atom. The summed E-state index contributed by atoms with van der Waals surface area (Å²) in [5.41, 5.74) is 7.47. The van der Waals surface area contributed by atoms with Gasteiger partial charge in [-0.2, -0.15) is 8.78 Å². The van der Waals surface area contributed by atoms with Gasteiger partial charge in [-0.1, -0.05) is 62.7 Å². The first-order valence-electron chi connectivity index (χ1n) is 14.9. The van der Waals surface area contributed by atoms with Crippen LogP contribution in [0, 0.1) is 28.7 Å². The van der Waals surface area contributed by atoms with E-state index in [4.69, 9.17) is 26.8 Å². The van der Waals surface area contributed by atoms with Crippen LogP contribution in [0.4, 0.5) is 23.2 Å². The van der Waals surface area contributed by atoms with Gasteiger partial charge in [-0.3, -0.25) is 29.4 Å². The molecule has 0 bridgehead atoms. The van der Waals surface area contributed by atoms with Crippen molar-refractivity contribution in [3.05, 3.63) is 94.0 Å². The van der Waals surface area contributed by atoms with Crippen LogP contribution < -0.4 is 26.5 Å². The SMILES string of the molecule is CCOC(=O)CN(NC(=O)C(NC(=O)[C@@H](NC(=O)c1ccc(N)c(Cl)c1)C(C)(C)C)c1ccccc1)C(=O)COc1c(F)c(F)cc(F)c1F.